The van der Waals surface area contributed by atoms with E-state index in [-0.39, 0.29) is 0 Å². The van der Waals surface area contributed by atoms with Crippen LogP contribution in [0.25, 0.3) is 0 Å². The average Bonchev–Trinajstić information content (AvgIpc) is 2.87. The number of nitrogens with one attached hydrogen (secondary N) is 1. The molecule has 0 spiro atoms. The van der Waals surface area contributed by atoms with Crippen LogP contribution in [0, 0.1) is 11.3 Å². The third-order valence-corrected chi connectivity index (χ3v) is 4.25. The molecule has 0 aliphatic carbocycles. The largest absolute Gasteiger partial charge is 0.449 e. The summed E-state index contributed by atoms with van der Waals surface area (Å²) in [5, 5.41) is 3.66. The molecule has 3 heteroatoms. The Labute approximate surface area is 96.8 Å². The zero-order valence-corrected chi connectivity index (χ0v) is 10.1. The Morgan fingerprint density at radius 3 is 3.12 bits per heavy atom. The van der Waals surface area contributed by atoms with Gasteiger partial charge in [0.25, 0.3) is 0 Å². The van der Waals surface area contributed by atoms with Crippen LogP contribution < -0.4 is 10.2 Å². The van der Waals surface area contributed by atoms with E-state index in [1.54, 1.807) is 6.26 Å². The van der Waals surface area contributed by atoms with Crippen LogP contribution in [-0.2, 0) is 0 Å². The monoisotopic (exact) mass is 220 g/mol. The topological polar surface area (TPSA) is 28.4 Å². The van der Waals surface area contributed by atoms with Gasteiger partial charge in [0.05, 0.1) is 6.26 Å². The van der Waals surface area contributed by atoms with Crippen LogP contribution in [-0.4, -0.2) is 25.7 Å². The van der Waals surface area contributed by atoms with E-state index in [0.717, 1.165) is 31.4 Å². The molecule has 0 amide bonds. The fourth-order valence-electron chi connectivity index (χ4n) is 3.27. The molecule has 0 aromatic carbocycles. The minimum atomic E-state index is 0.458. The second-order valence-electron chi connectivity index (χ2n) is 5.77. The fraction of sp³-hybridized carbons (Fsp3) is 0.692. The van der Waals surface area contributed by atoms with Gasteiger partial charge in [-0.3, -0.25) is 0 Å². The molecule has 2 saturated heterocycles. The van der Waals surface area contributed by atoms with Crippen LogP contribution >= 0.6 is 0 Å². The van der Waals surface area contributed by atoms with E-state index in [9.17, 15) is 0 Å². The number of anilines is 1. The number of furan rings is 1. The Hall–Kier alpha value is -0.960. The van der Waals surface area contributed by atoms with Crippen LogP contribution in [0.2, 0.25) is 0 Å². The van der Waals surface area contributed by atoms with E-state index >= 15 is 0 Å². The average molecular weight is 220 g/mol. The van der Waals surface area contributed by atoms with Gasteiger partial charge < -0.3 is 14.6 Å². The Morgan fingerprint density at radius 2 is 2.38 bits per heavy atom. The molecule has 3 nitrogen and oxygen atoms in total. The molecule has 88 valence electrons. The molecule has 2 aliphatic heterocycles. The first-order valence-electron chi connectivity index (χ1n) is 6.19. The van der Waals surface area contributed by atoms with Gasteiger partial charge in [-0.1, -0.05) is 13.8 Å². The zero-order chi connectivity index (χ0) is 11.2. The van der Waals surface area contributed by atoms with Crippen molar-refractivity contribution in [1.29, 1.82) is 0 Å². The van der Waals surface area contributed by atoms with Crippen LogP contribution in [0.1, 0.15) is 20.3 Å². The van der Waals surface area contributed by atoms with E-state index in [2.05, 4.69) is 30.1 Å². The van der Waals surface area contributed by atoms with Gasteiger partial charge in [-0.2, -0.15) is 0 Å². The summed E-state index contributed by atoms with van der Waals surface area (Å²) in [6.07, 6.45) is 3.03. The molecule has 1 aromatic heterocycles. The summed E-state index contributed by atoms with van der Waals surface area (Å²) >= 11 is 0. The van der Waals surface area contributed by atoms with Gasteiger partial charge >= 0.3 is 0 Å². The van der Waals surface area contributed by atoms with E-state index in [0.29, 0.717) is 11.5 Å². The second-order valence-corrected chi connectivity index (χ2v) is 5.77. The van der Waals surface area contributed by atoms with E-state index in [1.807, 2.05) is 6.07 Å². The molecule has 3 rings (SSSR count). The molecule has 2 aliphatic rings. The Balaban J connectivity index is 1.74. The van der Waals surface area contributed by atoms with E-state index in [1.165, 1.54) is 6.42 Å². The zero-order valence-electron chi connectivity index (χ0n) is 10.1. The summed E-state index contributed by atoms with van der Waals surface area (Å²) in [6, 6.07) is 4.65. The van der Waals surface area contributed by atoms with Crippen molar-refractivity contribution in [3.63, 3.8) is 0 Å². The predicted molar refractivity (Wildman–Crippen MR) is 64.6 cm³/mol. The summed E-state index contributed by atoms with van der Waals surface area (Å²) in [5.41, 5.74) is 0.458. The maximum atomic E-state index is 5.47. The van der Waals surface area contributed by atoms with Gasteiger partial charge in [-0.05, 0) is 23.8 Å². The molecule has 16 heavy (non-hydrogen) atoms. The van der Waals surface area contributed by atoms with Crippen molar-refractivity contribution in [2.45, 2.75) is 26.3 Å². The van der Waals surface area contributed by atoms with Crippen molar-refractivity contribution >= 4 is 5.88 Å². The summed E-state index contributed by atoms with van der Waals surface area (Å²) in [5.74, 6) is 1.84. The van der Waals surface area contributed by atoms with Crippen LogP contribution in [0.15, 0.2) is 22.8 Å². The van der Waals surface area contributed by atoms with Crippen molar-refractivity contribution in [1.82, 2.24) is 5.32 Å². The lowest BCUT2D eigenvalue weighted by Gasteiger charge is -2.38. The Kier molecular flexibility index (Phi) is 2.25. The predicted octanol–water partition coefficient (Wildman–Crippen LogP) is 2.10. The van der Waals surface area contributed by atoms with Crippen molar-refractivity contribution < 1.29 is 4.42 Å². The molecule has 3 heterocycles. The fourth-order valence-corrected chi connectivity index (χ4v) is 3.27. The highest BCUT2D eigenvalue weighted by atomic mass is 16.3. The van der Waals surface area contributed by atoms with Crippen molar-refractivity contribution in [2.75, 3.05) is 24.5 Å². The van der Waals surface area contributed by atoms with Gasteiger partial charge in [0, 0.05) is 31.7 Å². The lowest BCUT2D eigenvalue weighted by atomic mass is 9.75. The number of piperidine rings is 1. The molecule has 1 N–H and O–H groups in total. The van der Waals surface area contributed by atoms with Crippen molar-refractivity contribution in [3.05, 3.63) is 18.4 Å². The first-order valence-corrected chi connectivity index (χ1v) is 6.19. The number of nitrogens with zero attached hydrogens (tertiary/aromatic N) is 1. The van der Waals surface area contributed by atoms with Crippen LogP contribution in [0.4, 0.5) is 5.88 Å². The minimum absolute atomic E-state index is 0.458. The molecule has 0 bridgehead atoms. The summed E-state index contributed by atoms with van der Waals surface area (Å²) < 4.78 is 5.47. The SMILES string of the molecule is CC1(C)CNC2CN(c3ccco3)CCC21. The van der Waals surface area contributed by atoms with Gasteiger partial charge in [-0.25, -0.2) is 0 Å². The number of hydrogen-bond donors (Lipinski definition) is 1. The molecule has 2 atom stereocenters. The molecule has 2 unspecified atom stereocenters. The third kappa shape index (κ3) is 1.54. The quantitative estimate of drug-likeness (QED) is 0.785. The van der Waals surface area contributed by atoms with Crippen LogP contribution in [0.3, 0.4) is 0 Å². The summed E-state index contributed by atoms with van der Waals surface area (Å²) in [7, 11) is 0. The minimum Gasteiger partial charge on any atom is -0.449 e. The maximum Gasteiger partial charge on any atom is 0.195 e. The Bertz CT molecular complexity index is 358. The molecular formula is C13H20N2O. The van der Waals surface area contributed by atoms with Crippen molar-refractivity contribution in [3.8, 4) is 0 Å². The maximum absolute atomic E-state index is 5.47. The molecule has 1 aromatic rings. The number of fused-ring (bicyclic) bond motifs is 1. The van der Waals surface area contributed by atoms with Gasteiger partial charge in [-0.15, -0.1) is 0 Å². The van der Waals surface area contributed by atoms with Crippen molar-refractivity contribution in [2.24, 2.45) is 11.3 Å². The molecule has 0 radical (unpaired) electrons. The third-order valence-electron chi connectivity index (χ3n) is 4.25. The molecule has 2 fully saturated rings. The smallest absolute Gasteiger partial charge is 0.195 e. The summed E-state index contributed by atoms with van der Waals surface area (Å²) in [4.78, 5) is 2.36. The van der Waals surface area contributed by atoms with E-state index in [4.69, 9.17) is 4.42 Å². The van der Waals surface area contributed by atoms with Crippen LogP contribution in [0.5, 0.6) is 0 Å². The molecular weight excluding hydrogens is 200 g/mol. The second kappa shape index (κ2) is 3.52. The highest BCUT2D eigenvalue weighted by molar-refractivity contribution is 5.36. The number of rotatable bonds is 1. The number of hydrogen-bond acceptors (Lipinski definition) is 3. The highest BCUT2D eigenvalue weighted by Crippen LogP contribution is 2.40. The van der Waals surface area contributed by atoms with E-state index < -0.39 is 0 Å². The van der Waals surface area contributed by atoms with Gasteiger partial charge in [0.2, 0.25) is 0 Å². The highest BCUT2D eigenvalue weighted by Gasteiger charge is 2.44. The lowest BCUT2D eigenvalue weighted by molar-refractivity contribution is 0.225. The first-order chi connectivity index (χ1) is 7.67. The lowest BCUT2D eigenvalue weighted by Crippen LogP contribution is -2.47. The summed E-state index contributed by atoms with van der Waals surface area (Å²) in [6.45, 7) is 8.12. The Morgan fingerprint density at radius 1 is 1.50 bits per heavy atom. The molecule has 0 saturated carbocycles. The van der Waals surface area contributed by atoms with Gasteiger partial charge in [0.1, 0.15) is 0 Å². The normalized spacial score (nSPS) is 32.8. The van der Waals surface area contributed by atoms with Gasteiger partial charge in [0.15, 0.2) is 5.88 Å². The standard InChI is InChI=1S/C13H20N2O/c1-13(2)9-14-11-8-15(6-5-10(11)13)12-4-3-7-16-12/h3-4,7,10-11,14H,5-6,8-9H2,1-2H3. The first kappa shape index (κ1) is 10.2.